The van der Waals surface area contributed by atoms with Gasteiger partial charge in [0, 0.05) is 0 Å². The Kier molecular flexibility index (Phi) is 5.19. The molecule has 21 heavy (non-hydrogen) atoms. The van der Waals surface area contributed by atoms with Crippen LogP contribution >= 0.6 is 0 Å². The number of primary amides is 1. The normalized spacial score (nSPS) is 11.0. The number of rotatable bonds is 5. The van der Waals surface area contributed by atoms with Crippen LogP contribution in [-0.2, 0) is 9.59 Å². The summed E-state index contributed by atoms with van der Waals surface area (Å²) in [6.07, 6.45) is -0.586. The summed E-state index contributed by atoms with van der Waals surface area (Å²) in [5.41, 5.74) is 4.73. The second kappa shape index (κ2) is 6.85. The van der Waals surface area contributed by atoms with Crippen molar-refractivity contribution in [2.24, 2.45) is 5.73 Å². The summed E-state index contributed by atoms with van der Waals surface area (Å²) in [4.78, 5) is 33.2. The van der Waals surface area contributed by atoms with Gasteiger partial charge < -0.3 is 21.5 Å². The fourth-order valence-corrected chi connectivity index (χ4v) is 1.44. The molecule has 3 amide bonds. The van der Waals surface area contributed by atoms with E-state index in [-0.39, 0.29) is 11.3 Å². The number of carboxylic acids is 1. The number of benzene rings is 1. The zero-order chi connectivity index (χ0) is 16.0. The first-order valence-corrected chi connectivity index (χ1v) is 5.61. The highest BCUT2D eigenvalue weighted by Crippen LogP contribution is 2.15. The van der Waals surface area contributed by atoms with Crippen LogP contribution in [0.1, 0.15) is 12.0 Å². The Morgan fingerprint density at radius 3 is 2.62 bits per heavy atom. The van der Waals surface area contributed by atoms with Crippen molar-refractivity contribution in [3.8, 4) is 6.07 Å². The van der Waals surface area contributed by atoms with Gasteiger partial charge in [-0.25, -0.2) is 14.0 Å². The van der Waals surface area contributed by atoms with E-state index in [9.17, 15) is 18.8 Å². The summed E-state index contributed by atoms with van der Waals surface area (Å²) in [7, 11) is 0. The van der Waals surface area contributed by atoms with Crippen molar-refractivity contribution in [3.05, 3.63) is 29.6 Å². The maximum Gasteiger partial charge on any atom is 0.326 e. The van der Waals surface area contributed by atoms with E-state index in [0.29, 0.717) is 0 Å². The highest BCUT2D eigenvalue weighted by molar-refractivity contribution is 5.94. The molecule has 0 radical (unpaired) electrons. The monoisotopic (exact) mass is 294 g/mol. The molecule has 110 valence electrons. The molecule has 1 rings (SSSR count). The summed E-state index contributed by atoms with van der Waals surface area (Å²) in [6.45, 7) is 0. The van der Waals surface area contributed by atoms with Crippen molar-refractivity contribution in [3.63, 3.8) is 0 Å². The lowest BCUT2D eigenvalue weighted by molar-refractivity contribution is -0.140. The molecule has 0 fully saturated rings. The Morgan fingerprint density at radius 1 is 1.43 bits per heavy atom. The second-order valence-electron chi connectivity index (χ2n) is 3.96. The average molecular weight is 294 g/mol. The fourth-order valence-electron chi connectivity index (χ4n) is 1.44. The molecule has 0 saturated carbocycles. The molecule has 0 aliphatic carbocycles. The molecular weight excluding hydrogens is 283 g/mol. The predicted molar refractivity (Wildman–Crippen MR) is 68.5 cm³/mol. The van der Waals surface area contributed by atoms with Crippen LogP contribution in [0.15, 0.2) is 18.2 Å². The molecule has 0 aliphatic heterocycles. The van der Waals surface area contributed by atoms with E-state index in [2.05, 4.69) is 5.32 Å². The minimum Gasteiger partial charge on any atom is -0.480 e. The molecule has 8 nitrogen and oxygen atoms in total. The predicted octanol–water partition coefficient (Wildman–Crippen LogP) is 0.147. The van der Waals surface area contributed by atoms with E-state index < -0.39 is 36.2 Å². The summed E-state index contributed by atoms with van der Waals surface area (Å²) >= 11 is 0. The standard InChI is InChI=1S/C12H11FN4O4/c13-7-1-2-8(6(3-7)5-14)16-12(21)17-9(11(19)20)4-10(15)18/h1-3,9H,4H2,(H2,15,18)(H,19,20)(H2,16,17,21)/t9-/m0/s1. The molecule has 0 saturated heterocycles. The van der Waals surface area contributed by atoms with Gasteiger partial charge in [0.25, 0.3) is 0 Å². The van der Waals surface area contributed by atoms with Gasteiger partial charge in [-0.2, -0.15) is 5.26 Å². The van der Waals surface area contributed by atoms with Gasteiger partial charge >= 0.3 is 12.0 Å². The Morgan fingerprint density at radius 2 is 2.10 bits per heavy atom. The van der Waals surface area contributed by atoms with Crippen LogP contribution in [0.4, 0.5) is 14.9 Å². The topological polar surface area (TPSA) is 145 Å². The molecule has 5 N–H and O–H groups in total. The maximum atomic E-state index is 12.9. The molecule has 0 aliphatic rings. The van der Waals surface area contributed by atoms with Crippen LogP contribution in [0, 0.1) is 17.1 Å². The number of nitrogens with zero attached hydrogens (tertiary/aromatic N) is 1. The molecule has 1 atom stereocenters. The van der Waals surface area contributed by atoms with Crippen molar-refractivity contribution in [1.29, 1.82) is 5.26 Å². The SMILES string of the molecule is N#Cc1cc(F)ccc1NC(=O)N[C@@H](CC(N)=O)C(=O)O. The van der Waals surface area contributed by atoms with E-state index in [1.807, 2.05) is 5.32 Å². The van der Waals surface area contributed by atoms with E-state index in [1.54, 1.807) is 6.07 Å². The molecule has 0 aromatic heterocycles. The largest absolute Gasteiger partial charge is 0.480 e. The molecule has 1 aromatic rings. The van der Waals surface area contributed by atoms with Crippen molar-refractivity contribution in [2.75, 3.05) is 5.32 Å². The fraction of sp³-hybridized carbons (Fsp3) is 0.167. The third kappa shape index (κ3) is 4.79. The molecule has 0 unspecified atom stereocenters. The summed E-state index contributed by atoms with van der Waals surface area (Å²) < 4.78 is 12.9. The number of carbonyl (C=O) groups is 3. The van der Waals surface area contributed by atoms with Crippen molar-refractivity contribution in [2.45, 2.75) is 12.5 Å². The van der Waals surface area contributed by atoms with Crippen molar-refractivity contribution < 1.29 is 23.9 Å². The summed E-state index contributed by atoms with van der Waals surface area (Å²) in [5, 5.41) is 21.8. The first kappa shape index (κ1) is 15.9. The summed E-state index contributed by atoms with van der Waals surface area (Å²) in [5.74, 6) is -3.00. The zero-order valence-corrected chi connectivity index (χ0v) is 10.6. The van der Waals surface area contributed by atoms with E-state index in [1.165, 1.54) is 0 Å². The first-order chi connectivity index (χ1) is 9.83. The van der Waals surface area contributed by atoms with Gasteiger partial charge in [0.05, 0.1) is 17.7 Å². The number of urea groups is 1. The van der Waals surface area contributed by atoms with Crippen LogP contribution in [0.5, 0.6) is 0 Å². The lowest BCUT2D eigenvalue weighted by Gasteiger charge is -2.14. The molecular formula is C12H11FN4O4. The minimum atomic E-state index is -1.51. The number of carboxylic acid groups (broad SMARTS) is 1. The Labute approximate surface area is 118 Å². The lowest BCUT2D eigenvalue weighted by atomic mass is 10.2. The third-order valence-electron chi connectivity index (χ3n) is 2.36. The number of carbonyl (C=O) groups excluding carboxylic acids is 2. The lowest BCUT2D eigenvalue weighted by Crippen LogP contribution is -2.45. The first-order valence-electron chi connectivity index (χ1n) is 5.61. The summed E-state index contributed by atoms with van der Waals surface area (Å²) in [6, 6.07) is 2.29. The van der Waals surface area contributed by atoms with Crippen molar-refractivity contribution in [1.82, 2.24) is 5.32 Å². The molecule has 0 spiro atoms. The zero-order valence-electron chi connectivity index (χ0n) is 10.6. The number of hydrogen-bond acceptors (Lipinski definition) is 4. The van der Waals surface area contributed by atoms with Crippen LogP contribution in [0.3, 0.4) is 0 Å². The van der Waals surface area contributed by atoms with Crippen LogP contribution < -0.4 is 16.4 Å². The minimum absolute atomic E-state index is 0.000358. The van der Waals surface area contributed by atoms with Crippen LogP contribution in [0.25, 0.3) is 0 Å². The molecule has 1 aromatic carbocycles. The van der Waals surface area contributed by atoms with Gasteiger partial charge in [-0.05, 0) is 18.2 Å². The Balaban J connectivity index is 2.79. The number of amides is 3. The Hall–Kier alpha value is -3.15. The van der Waals surface area contributed by atoms with Gasteiger partial charge in [0.2, 0.25) is 5.91 Å². The van der Waals surface area contributed by atoms with Crippen molar-refractivity contribution >= 4 is 23.6 Å². The Bertz CT molecular complexity index is 626. The number of nitrogens with one attached hydrogen (secondary N) is 2. The van der Waals surface area contributed by atoms with Crippen LogP contribution in [0.2, 0.25) is 0 Å². The average Bonchev–Trinajstić information content (AvgIpc) is 2.39. The third-order valence-corrected chi connectivity index (χ3v) is 2.36. The number of nitriles is 1. The number of anilines is 1. The number of hydrogen-bond donors (Lipinski definition) is 4. The van der Waals surface area contributed by atoms with Gasteiger partial charge in [-0.1, -0.05) is 0 Å². The van der Waals surface area contributed by atoms with Gasteiger partial charge in [-0.3, -0.25) is 4.79 Å². The number of halogens is 1. The van der Waals surface area contributed by atoms with E-state index >= 15 is 0 Å². The molecule has 0 heterocycles. The second-order valence-corrected chi connectivity index (χ2v) is 3.96. The quantitative estimate of drug-likeness (QED) is 0.610. The van der Waals surface area contributed by atoms with E-state index in [4.69, 9.17) is 16.1 Å². The van der Waals surface area contributed by atoms with E-state index in [0.717, 1.165) is 18.2 Å². The maximum absolute atomic E-state index is 12.9. The number of aliphatic carboxylic acids is 1. The highest BCUT2D eigenvalue weighted by Gasteiger charge is 2.22. The van der Waals surface area contributed by atoms with Crippen LogP contribution in [-0.4, -0.2) is 29.1 Å². The molecule has 0 bridgehead atoms. The molecule has 9 heteroatoms. The van der Waals surface area contributed by atoms with Gasteiger partial charge in [0.15, 0.2) is 0 Å². The number of nitrogens with two attached hydrogens (primary N) is 1. The smallest absolute Gasteiger partial charge is 0.326 e. The van der Waals surface area contributed by atoms with Gasteiger partial charge in [0.1, 0.15) is 17.9 Å². The highest BCUT2D eigenvalue weighted by atomic mass is 19.1. The van der Waals surface area contributed by atoms with Gasteiger partial charge in [-0.15, -0.1) is 0 Å².